The van der Waals surface area contributed by atoms with E-state index in [1.165, 1.54) is 18.0 Å². The number of carbonyl (C=O) groups is 2. The van der Waals surface area contributed by atoms with E-state index in [4.69, 9.17) is 10.2 Å². The van der Waals surface area contributed by atoms with E-state index in [1.54, 1.807) is 24.3 Å². The molecule has 0 saturated heterocycles. The molecule has 0 saturated carbocycles. The van der Waals surface area contributed by atoms with Gasteiger partial charge in [0, 0.05) is 10.6 Å². The van der Waals surface area contributed by atoms with Crippen LogP contribution in [0, 0.1) is 0 Å². The second-order valence-corrected chi connectivity index (χ2v) is 5.22. The summed E-state index contributed by atoms with van der Waals surface area (Å²) in [4.78, 5) is 24.0. The van der Waals surface area contributed by atoms with Crippen LogP contribution >= 0.6 is 11.8 Å². The van der Waals surface area contributed by atoms with Gasteiger partial charge in [-0.25, -0.2) is 4.79 Å². The summed E-state index contributed by atoms with van der Waals surface area (Å²) in [6.45, 7) is 0.231. The maximum Gasteiger partial charge on any atom is 0.321 e. The van der Waals surface area contributed by atoms with E-state index < -0.39 is 6.03 Å². The van der Waals surface area contributed by atoms with Crippen molar-refractivity contribution in [2.24, 2.45) is 0 Å². The lowest BCUT2D eigenvalue weighted by atomic mass is 10.3. The fraction of sp³-hybridized carbons (Fsp3) is 0.143. The average molecular weight is 305 g/mol. The summed E-state index contributed by atoms with van der Waals surface area (Å²) in [6.07, 6.45) is 1.52. The lowest BCUT2D eigenvalue weighted by Crippen LogP contribution is -2.39. The number of nitrogens with one attached hydrogen (secondary N) is 2. The molecule has 2 aromatic rings. The summed E-state index contributed by atoms with van der Waals surface area (Å²) in [5, 5.41) is 4.77. The third kappa shape index (κ3) is 5.23. The Morgan fingerprint density at radius 3 is 2.81 bits per heavy atom. The van der Waals surface area contributed by atoms with Crippen molar-refractivity contribution in [1.29, 1.82) is 0 Å². The monoisotopic (exact) mass is 305 g/mol. The van der Waals surface area contributed by atoms with E-state index in [9.17, 15) is 9.59 Å². The molecular formula is C14H15N3O3S. The van der Waals surface area contributed by atoms with Crippen LogP contribution in [0.2, 0.25) is 0 Å². The summed E-state index contributed by atoms with van der Waals surface area (Å²) in [5.74, 6) is 0.378. The Bertz CT molecular complexity index is 614. The number of furan rings is 1. The minimum atomic E-state index is -0.551. The number of urea groups is 1. The Labute approximate surface area is 126 Å². The summed E-state index contributed by atoms with van der Waals surface area (Å²) >= 11 is 1.31. The molecular weight excluding hydrogens is 290 g/mol. The first kappa shape index (κ1) is 15.0. The molecule has 1 heterocycles. The smallest absolute Gasteiger partial charge is 0.321 e. The van der Waals surface area contributed by atoms with Crippen molar-refractivity contribution in [3.05, 3.63) is 48.4 Å². The van der Waals surface area contributed by atoms with E-state index in [-0.39, 0.29) is 18.2 Å². The Kier molecular flexibility index (Phi) is 5.28. The molecule has 0 radical (unpaired) electrons. The SMILES string of the molecule is Nc1cccc(SCC(=O)NC(=O)NCc2ccco2)c1. The first-order valence-corrected chi connectivity index (χ1v) is 7.20. The van der Waals surface area contributed by atoms with Crippen LogP contribution in [0.15, 0.2) is 52.0 Å². The van der Waals surface area contributed by atoms with Gasteiger partial charge in [-0.1, -0.05) is 6.07 Å². The Morgan fingerprint density at radius 1 is 1.24 bits per heavy atom. The fourth-order valence-electron chi connectivity index (χ4n) is 1.54. The number of benzene rings is 1. The van der Waals surface area contributed by atoms with E-state index in [1.807, 2.05) is 12.1 Å². The quantitative estimate of drug-likeness (QED) is 0.579. The number of rotatable bonds is 5. The molecule has 3 amide bonds. The van der Waals surface area contributed by atoms with Crippen molar-refractivity contribution >= 4 is 29.4 Å². The van der Waals surface area contributed by atoms with Crippen LogP contribution in [0.3, 0.4) is 0 Å². The van der Waals surface area contributed by atoms with Crippen molar-refractivity contribution < 1.29 is 14.0 Å². The number of nitrogen functional groups attached to an aromatic ring is 1. The molecule has 0 fully saturated rings. The normalized spacial score (nSPS) is 10.1. The van der Waals surface area contributed by atoms with Gasteiger partial charge in [0.15, 0.2) is 0 Å². The lowest BCUT2D eigenvalue weighted by molar-refractivity contribution is -0.117. The van der Waals surface area contributed by atoms with Crippen molar-refractivity contribution in [3.8, 4) is 0 Å². The second-order valence-electron chi connectivity index (χ2n) is 4.17. The van der Waals surface area contributed by atoms with Crippen LogP contribution in [-0.2, 0) is 11.3 Å². The number of amides is 3. The van der Waals surface area contributed by atoms with Gasteiger partial charge in [-0.3, -0.25) is 10.1 Å². The van der Waals surface area contributed by atoms with Gasteiger partial charge in [0.05, 0.1) is 18.6 Å². The molecule has 4 N–H and O–H groups in total. The van der Waals surface area contributed by atoms with Gasteiger partial charge < -0.3 is 15.5 Å². The van der Waals surface area contributed by atoms with Crippen molar-refractivity contribution in [2.45, 2.75) is 11.4 Å². The molecule has 0 aliphatic rings. The molecule has 0 unspecified atom stereocenters. The lowest BCUT2D eigenvalue weighted by Gasteiger charge is -2.05. The molecule has 110 valence electrons. The van der Waals surface area contributed by atoms with Gasteiger partial charge in [0.2, 0.25) is 5.91 Å². The first-order chi connectivity index (χ1) is 10.1. The first-order valence-electron chi connectivity index (χ1n) is 6.22. The zero-order valence-corrected chi connectivity index (χ0v) is 12.0. The van der Waals surface area contributed by atoms with E-state index >= 15 is 0 Å². The minimum Gasteiger partial charge on any atom is -0.467 e. The largest absolute Gasteiger partial charge is 0.467 e. The molecule has 7 heteroatoms. The number of hydrogen-bond acceptors (Lipinski definition) is 5. The summed E-state index contributed by atoms with van der Waals surface area (Å²) < 4.78 is 5.06. The zero-order chi connectivity index (χ0) is 15.1. The highest BCUT2D eigenvalue weighted by Gasteiger charge is 2.08. The zero-order valence-electron chi connectivity index (χ0n) is 11.2. The van der Waals surface area contributed by atoms with Gasteiger partial charge in [0.1, 0.15) is 5.76 Å². The molecule has 0 atom stereocenters. The molecule has 0 aliphatic carbocycles. The number of carbonyl (C=O) groups excluding carboxylic acids is 2. The summed E-state index contributed by atoms with van der Waals surface area (Å²) in [7, 11) is 0. The molecule has 1 aromatic heterocycles. The highest BCUT2D eigenvalue weighted by molar-refractivity contribution is 8.00. The van der Waals surface area contributed by atoms with E-state index in [2.05, 4.69) is 10.6 Å². The summed E-state index contributed by atoms with van der Waals surface area (Å²) in [6, 6.07) is 10.1. The van der Waals surface area contributed by atoms with Crippen molar-refractivity contribution in [2.75, 3.05) is 11.5 Å². The van der Waals surface area contributed by atoms with Gasteiger partial charge in [-0.15, -0.1) is 11.8 Å². The number of nitrogens with two attached hydrogens (primary N) is 1. The van der Waals surface area contributed by atoms with Gasteiger partial charge in [-0.2, -0.15) is 0 Å². The fourth-order valence-corrected chi connectivity index (χ4v) is 2.30. The van der Waals surface area contributed by atoms with E-state index in [0.29, 0.717) is 11.4 Å². The Morgan fingerprint density at radius 2 is 2.10 bits per heavy atom. The van der Waals surface area contributed by atoms with Gasteiger partial charge in [-0.05, 0) is 30.3 Å². The maximum absolute atomic E-state index is 11.6. The van der Waals surface area contributed by atoms with Crippen molar-refractivity contribution in [1.82, 2.24) is 10.6 Å². The third-order valence-electron chi connectivity index (χ3n) is 2.48. The maximum atomic E-state index is 11.6. The summed E-state index contributed by atoms with van der Waals surface area (Å²) in [5.41, 5.74) is 6.28. The second kappa shape index (κ2) is 7.39. The highest BCUT2D eigenvalue weighted by atomic mass is 32.2. The van der Waals surface area contributed by atoms with Crippen LogP contribution in [0.5, 0.6) is 0 Å². The number of hydrogen-bond donors (Lipinski definition) is 3. The molecule has 0 spiro atoms. The highest BCUT2D eigenvalue weighted by Crippen LogP contribution is 2.19. The van der Waals surface area contributed by atoms with Crippen LogP contribution in [0.4, 0.5) is 10.5 Å². The molecule has 1 aromatic carbocycles. The van der Waals surface area contributed by atoms with E-state index in [0.717, 1.165) is 4.90 Å². The van der Waals surface area contributed by atoms with Crippen LogP contribution in [-0.4, -0.2) is 17.7 Å². The minimum absolute atomic E-state index is 0.137. The Balaban J connectivity index is 1.70. The van der Waals surface area contributed by atoms with Crippen LogP contribution in [0.1, 0.15) is 5.76 Å². The van der Waals surface area contributed by atoms with Gasteiger partial charge in [0.25, 0.3) is 0 Å². The van der Waals surface area contributed by atoms with Gasteiger partial charge >= 0.3 is 6.03 Å². The number of anilines is 1. The molecule has 0 bridgehead atoms. The molecule has 0 aliphatic heterocycles. The van der Waals surface area contributed by atoms with Crippen molar-refractivity contribution in [3.63, 3.8) is 0 Å². The predicted molar refractivity (Wildman–Crippen MR) is 80.7 cm³/mol. The predicted octanol–water partition coefficient (Wildman–Crippen LogP) is 1.98. The standard InChI is InChI=1S/C14H15N3O3S/c15-10-3-1-5-12(7-10)21-9-13(18)17-14(19)16-8-11-4-2-6-20-11/h1-7H,8-9,15H2,(H2,16,17,18,19). The van der Waals surface area contributed by atoms with Crippen LogP contribution in [0.25, 0.3) is 0 Å². The average Bonchev–Trinajstić information content (AvgIpc) is 2.96. The molecule has 21 heavy (non-hydrogen) atoms. The molecule has 2 rings (SSSR count). The topological polar surface area (TPSA) is 97.4 Å². The number of thioether (sulfide) groups is 1. The third-order valence-corrected chi connectivity index (χ3v) is 3.48. The van der Waals surface area contributed by atoms with Crippen LogP contribution < -0.4 is 16.4 Å². The Hall–Kier alpha value is -2.41. The number of imide groups is 1. The molecule has 6 nitrogen and oxygen atoms in total.